The number of rotatable bonds is 5. The Morgan fingerprint density at radius 3 is 2.55 bits per heavy atom. The van der Waals surface area contributed by atoms with Crippen molar-refractivity contribution in [3.63, 3.8) is 0 Å². The van der Waals surface area contributed by atoms with Crippen LogP contribution >= 0.6 is 23.7 Å². The molecule has 5 rings (SSSR count). The van der Waals surface area contributed by atoms with Gasteiger partial charge in [0.05, 0.1) is 17.9 Å². The van der Waals surface area contributed by atoms with E-state index in [1.165, 1.54) is 26.7 Å². The monoisotopic (exact) mass is 454 g/mol. The average Bonchev–Trinajstić information content (AvgIpc) is 3.34. The highest BCUT2D eigenvalue weighted by Gasteiger charge is 2.25. The molecule has 2 aromatic rings. The maximum absolute atomic E-state index is 12.4. The predicted molar refractivity (Wildman–Crippen MR) is 130 cm³/mol. The Morgan fingerprint density at radius 2 is 1.74 bits per heavy atom. The molecule has 3 aliphatic heterocycles. The van der Waals surface area contributed by atoms with Crippen LogP contribution in [-0.4, -0.2) is 65.8 Å². The minimum Gasteiger partial charge on any atom is -0.354 e. The normalized spacial score (nSPS) is 20.1. The number of anilines is 2. The molecule has 1 unspecified atom stereocenters. The highest BCUT2D eigenvalue weighted by Crippen LogP contribution is 2.45. The summed E-state index contributed by atoms with van der Waals surface area (Å²) in [6, 6.07) is 15.3. The minimum atomic E-state index is 0.313. The molecule has 31 heavy (non-hydrogen) atoms. The summed E-state index contributed by atoms with van der Waals surface area (Å²) < 4.78 is 2.47. The smallest absolute Gasteiger partial charge is 0.236 e. The second-order valence-corrected chi connectivity index (χ2v) is 11.0. The molecular weight excluding hydrogens is 424 g/mol. The Hall–Kier alpha value is -1.67. The third-order valence-electron chi connectivity index (χ3n) is 6.31. The highest BCUT2D eigenvalue weighted by molar-refractivity contribution is 7.99. The van der Waals surface area contributed by atoms with Gasteiger partial charge >= 0.3 is 0 Å². The standard InChI is InChI=1S/C24H30N4OS2/c1-18(19-8-9-23-21(16-19)25-20-6-2-3-7-22(20)30-23)31-28-14-12-26(13-15-28)17-24(29)27-10-4-5-11-27/h2-3,6-9,16,18,25H,4-5,10-15,17H2,1H3. The number of nitrogens with zero attached hydrogens (tertiary/aromatic N) is 3. The summed E-state index contributed by atoms with van der Waals surface area (Å²) in [4.78, 5) is 19.3. The van der Waals surface area contributed by atoms with Crippen molar-refractivity contribution in [1.29, 1.82) is 0 Å². The van der Waals surface area contributed by atoms with Gasteiger partial charge in [0, 0.05) is 54.3 Å². The van der Waals surface area contributed by atoms with Crippen LogP contribution in [0, 0.1) is 0 Å². The SMILES string of the molecule is CC(SN1CCN(CC(=O)N2CCCC2)CC1)c1ccc2c(c1)Nc1ccccc1S2. The minimum absolute atomic E-state index is 0.313. The van der Waals surface area contributed by atoms with Crippen LogP contribution < -0.4 is 5.32 Å². The molecule has 3 heterocycles. The van der Waals surface area contributed by atoms with Gasteiger partial charge < -0.3 is 10.2 Å². The molecule has 0 bridgehead atoms. The molecule has 0 saturated carbocycles. The summed E-state index contributed by atoms with van der Waals surface area (Å²) in [6.45, 7) is 8.74. The van der Waals surface area contributed by atoms with E-state index in [9.17, 15) is 4.79 Å². The van der Waals surface area contributed by atoms with Gasteiger partial charge in [-0.2, -0.15) is 0 Å². The maximum atomic E-state index is 12.4. The molecule has 2 aromatic carbocycles. The molecule has 5 nitrogen and oxygen atoms in total. The van der Waals surface area contributed by atoms with Crippen LogP contribution in [0.5, 0.6) is 0 Å². The second-order valence-electron chi connectivity index (χ2n) is 8.52. The number of para-hydroxylation sites is 1. The Morgan fingerprint density at radius 1 is 1.00 bits per heavy atom. The number of piperazine rings is 1. The fourth-order valence-electron chi connectivity index (χ4n) is 4.44. The van der Waals surface area contributed by atoms with Gasteiger partial charge in [0.25, 0.3) is 0 Å². The van der Waals surface area contributed by atoms with E-state index in [2.05, 4.69) is 63.9 Å². The molecule has 2 fully saturated rings. The number of hydrogen-bond acceptors (Lipinski definition) is 6. The number of fused-ring (bicyclic) bond motifs is 2. The fraction of sp³-hybridized carbons (Fsp3) is 0.458. The zero-order chi connectivity index (χ0) is 21.2. The quantitative estimate of drug-likeness (QED) is 0.556. The van der Waals surface area contributed by atoms with Crippen molar-refractivity contribution in [3.8, 4) is 0 Å². The Balaban J connectivity index is 1.14. The Kier molecular flexibility index (Phi) is 6.46. The molecule has 1 atom stereocenters. The summed E-state index contributed by atoms with van der Waals surface area (Å²) in [5.41, 5.74) is 3.75. The number of amides is 1. The number of nitrogens with one attached hydrogen (secondary N) is 1. The van der Waals surface area contributed by atoms with E-state index >= 15 is 0 Å². The third-order valence-corrected chi connectivity index (χ3v) is 8.71. The first-order chi connectivity index (χ1) is 15.2. The van der Waals surface area contributed by atoms with Gasteiger partial charge in [0.2, 0.25) is 5.91 Å². The van der Waals surface area contributed by atoms with Gasteiger partial charge in [-0.25, -0.2) is 4.31 Å². The number of benzene rings is 2. The van der Waals surface area contributed by atoms with Crippen LogP contribution in [0.15, 0.2) is 52.3 Å². The van der Waals surface area contributed by atoms with E-state index in [0.717, 1.165) is 52.1 Å². The second kappa shape index (κ2) is 9.45. The van der Waals surface area contributed by atoms with Crippen LogP contribution in [0.4, 0.5) is 11.4 Å². The van der Waals surface area contributed by atoms with Gasteiger partial charge in [-0.15, -0.1) is 0 Å². The molecular formula is C24H30N4OS2. The van der Waals surface area contributed by atoms with E-state index in [0.29, 0.717) is 17.7 Å². The van der Waals surface area contributed by atoms with E-state index in [4.69, 9.17) is 0 Å². The summed E-state index contributed by atoms with van der Waals surface area (Å²) in [5, 5.41) is 4.00. The molecule has 0 aromatic heterocycles. The van der Waals surface area contributed by atoms with Crippen molar-refractivity contribution in [1.82, 2.24) is 14.1 Å². The number of carbonyl (C=O) groups excluding carboxylic acids is 1. The summed E-state index contributed by atoms with van der Waals surface area (Å²) >= 11 is 3.77. The Bertz CT molecular complexity index is 939. The number of hydrogen-bond donors (Lipinski definition) is 1. The first kappa shape index (κ1) is 21.2. The molecule has 3 aliphatic rings. The fourth-order valence-corrected chi connectivity index (χ4v) is 6.50. The first-order valence-electron chi connectivity index (χ1n) is 11.3. The number of carbonyl (C=O) groups is 1. The molecule has 2 saturated heterocycles. The van der Waals surface area contributed by atoms with Crippen LogP contribution in [0.2, 0.25) is 0 Å². The van der Waals surface area contributed by atoms with Gasteiger partial charge in [-0.3, -0.25) is 9.69 Å². The summed E-state index contributed by atoms with van der Waals surface area (Å²) in [6.07, 6.45) is 2.33. The Labute approximate surface area is 193 Å². The lowest BCUT2D eigenvalue weighted by molar-refractivity contribution is -0.131. The van der Waals surface area contributed by atoms with Crippen LogP contribution in [0.1, 0.15) is 30.6 Å². The van der Waals surface area contributed by atoms with Crippen LogP contribution in [0.3, 0.4) is 0 Å². The van der Waals surface area contributed by atoms with Crippen molar-refractivity contribution in [3.05, 3.63) is 48.0 Å². The van der Waals surface area contributed by atoms with E-state index in [1.54, 1.807) is 0 Å². The lowest BCUT2D eigenvalue weighted by Crippen LogP contribution is -2.48. The molecule has 164 valence electrons. The zero-order valence-corrected chi connectivity index (χ0v) is 19.7. The average molecular weight is 455 g/mol. The molecule has 1 amide bonds. The third kappa shape index (κ3) is 4.90. The predicted octanol–water partition coefficient (Wildman–Crippen LogP) is 4.84. The van der Waals surface area contributed by atoms with E-state index < -0.39 is 0 Å². The zero-order valence-electron chi connectivity index (χ0n) is 18.0. The molecule has 7 heteroatoms. The van der Waals surface area contributed by atoms with Gasteiger partial charge in [-0.05, 0) is 49.6 Å². The van der Waals surface area contributed by atoms with Crippen molar-refractivity contribution in [2.75, 3.05) is 51.1 Å². The van der Waals surface area contributed by atoms with Crippen LogP contribution in [0.25, 0.3) is 0 Å². The highest BCUT2D eigenvalue weighted by atomic mass is 32.2. The van der Waals surface area contributed by atoms with Crippen molar-refractivity contribution < 1.29 is 4.79 Å². The largest absolute Gasteiger partial charge is 0.354 e. The molecule has 0 radical (unpaired) electrons. The summed E-state index contributed by atoms with van der Waals surface area (Å²) in [7, 11) is 0. The first-order valence-corrected chi connectivity index (χ1v) is 12.9. The van der Waals surface area contributed by atoms with Crippen molar-refractivity contribution in [2.24, 2.45) is 0 Å². The lowest BCUT2D eigenvalue weighted by atomic mass is 10.1. The molecule has 0 spiro atoms. The summed E-state index contributed by atoms with van der Waals surface area (Å²) in [5.74, 6) is 0.313. The number of likely N-dealkylation sites (tertiary alicyclic amines) is 1. The van der Waals surface area contributed by atoms with Crippen molar-refractivity contribution in [2.45, 2.75) is 34.8 Å². The maximum Gasteiger partial charge on any atom is 0.236 e. The topological polar surface area (TPSA) is 38.8 Å². The molecule has 1 N–H and O–H groups in total. The van der Waals surface area contributed by atoms with E-state index in [-0.39, 0.29) is 0 Å². The van der Waals surface area contributed by atoms with Crippen LogP contribution in [-0.2, 0) is 4.79 Å². The van der Waals surface area contributed by atoms with Gasteiger partial charge in [0.1, 0.15) is 0 Å². The van der Waals surface area contributed by atoms with Crippen molar-refractivity contribution >= 4 is 41.0 Å². The van der Waals surface area contributed by atoms with Gasteiger partial charge in [0.15, 0.2) is 0 Å². The van der Waals surface area contributed by atoms with Gasteiger partial charge in [-0.1, -0.05) is 41.9 Å². The lowest BCUT2D eigenvalue weighted by Gasteiger charge is -2.35. The molecule has 0 aliphatic carbocycles. The van der Waals surface area contributed by atoms with E-state index in [1.807, 2.05) is 28.6 Å².